The molecule has 3 rings (SSSR count). The van der Waals surface area contributed by atoms with Gasteiger partial charge in [0, 0.05) is 33.4 Å². The highest BCUT2D eigenvalue weighted by molar-refractivity contribution is 5.82. The number of hydrogen-bond donors (Lipinski definition) is 0. The van der Waals surface area contributed by atoms with Crippen LogP contribution in [0, 0.1) is 0 Å². The van der Waals surface area contributed by atoms with E-state index < -0.39 is 6.10 Å². The molecule has 1 amide bonds. The maximum atomic E-state index is 12.8. The van der Waals surface area contributed by atoms with E-state index in [0.717, 1.165) is 11.3 Å². The lowest BCUT2D eigenvalue weighted by Gasteiger charge is -2.33. The molecule has 5 heteroatoms. The molecular formula is C20H24N2O3. The quantitative estimate of drug-likeness (QED) is 0.858. The molecule has 0 N–H and O–H groups in total. The Morgan fingerprint density at radius 2 is 1.56 bits per heavy atom. The van der Waals surface area contributed by atoms with Crippen LogP contribution in [0.25, 0.3) is 0 Å². The number of ether oxygens (including phenoxy) is 2. The van der Waals surface area contributed by atoms with E-state index in [1.165, 1.54) is 0 Å². The summed E-state index contributed by atoms with van der Waals surface area (Å²) in [7, 11) is 5.80. The molecule has 0 saturated heterocycles. The first-order valence-electron chi connectivity index (χ1n) is 8.39. The third-order valence-corrected chi connectivity index (χ3v) is 4.33. The number of likely N-dealkylation sites (N-methyl/N-ethyl adjacent to an activating group) is 1. The van der Waals surface area contributed by atoms with Crippen LogP contribution >= 0.6 is 0 Å². The highest BCUT2D eigenvalue weighted by Crippen LogP contribution is 2.33. The first-order valence-corrected chi connectivity index (χ1v) is 8.39. The third kappa shape index (κ3) is 3.71. The Hall–Kier alpha value is -2.69. The van der Waals surface area contributed by atoms with E-state index >= 15 is 0 Å². The number of para-hydroxylation sites is 2. The van der Waals surface area contributed by atoms with Crippen LogP contribution in [0.15, 0.2) is 48.5 Å². The molecule has 2 aromatic carbocycles. The van der Waals surface area contributed by atoms with Gasteiger partial charge in [0.15, 0.2) is 11.5 Å². The fraction of sp³-hybridized carbons (Fsp3) is 0.350. The highest BCUT2D eigenvalue weighted by atomic mass is 16.6. The minimum absolute atomic E-state index is 0.0845. The molecule has 2 aromatic rings. The number of benzene rings is 2. The molecule has 1 aliphatic heterocycles. The molecule has 1 aliphatic rings. The number of anilines is 1. The second-order valence-corrected chi connectivity index (χ2v) is 6.56. The maximum Gasteiger partial charge on any atom is 0.267 e. The van der Waals surface area contributed by atoms with Gasteiger partial charge in [0.25, 0.3) is 5.91 Å². The third-order valence-electron chi connectivity index (χ3n) is 4.33. The molecule has 0 radical (unpaired) electrons. The fourth-order valence-corrected chi connectivity index (χ4v) is 2.86. The highest BCUT2D eigenvalue weighted by Gasteiger charge is 2.35. The lowest BCUT2D eigenvalue weighted by Crippen LogP contribution is -2.49. The molecule has 1 heterocycles. The summed E-state index contributed by atoms with van der Waals surface area (Å²) in [6.07, 6.45) is -0.970. The van der Waals surface area contributed by atoms with E-state index in [-0.39, 0.29) is 12.0 Å². The normalized spacial score (nSPS) is 18.6. The van der Waals surface area contributed by atoms with Crippen molar-refractivity contribution in [2.75, 3.05) is 26.0 Å². The van der Waals surface area contributed by atoms with Gasteiger partial charge in [-0.05, 0) is 36.8 Å². The molecule has 132 valence electrons. The zero-order valence-corrected chi connectivity index (χ0v) is 15.1. The van der Waals surface area contributed by atoms with Gasteiger partial charge in [-0.15, -0.1) is 0 Å². The summed E-state index contributed by atoms with van der Waals surface area (Å²) in [5, 5.41) is 0. The van der Waals surface area contributed by atoms with Crippen LogP contribution in [0.5, 0.6) is 11.5 Å². The molecule has 0 aromatic heterocycles. The Labute approximate surface area is 148 Å². The van der Waals surface area contributed by atoms with Crippen molar-refractivity contribution in [3.05, 3.63) is 54.1 Å². The average Bonchev–Trinajstić information content (AvgIpc) is 2.61. The van der Waals surface area contributed by atoms with Crippen LogP contribution in [-0.2, 0) is 11.3 Å². The van der Waals surface area contributed by atoms with Crippen molar-refractivity contribution in [3.63, 3.8) is 0 Å². The van der Waals surface area contributed by atoms with Gasteiger partial charge < -0.3 is 19.3 Å². The number of rotatable bonds is 4. The maximum absolute atomic E-state index is 12.8. The van der Waals surface area contributed by atoms with E-state index in [0.29, 0.717) is 18.0 Å². The molecule has 5 nitrogen and oxygen atoms in total. The number of carbonyl (C=O) groups is 1. The summed E-state index contributed by atoms with van der Waals surface area (Å²) in [6.45, 7) is 2.39. The van der Waals surface area contributed by atoms with Gasteiger partial charge in [0.2, 0.25) is 6.10 Å². The van der Waals surface area contributed by atoms with Crippen molar-refractivity contribution in [1.29, 1.82) is 0 Å². The van der Waals surface area contributed by atoms with Crippen LogP contribution in [0.1, 0.15) is 12.5 Å². The summed E-state index contributed by atoms with van der Waals surface area (Å²) in [5.41, 5.74) is 2.21. The number of hydrogen-bond acceptors (Lipinski definition) is 4. The van der Waals surface area contributed by atoms with Crippen molar-refractivity contribution in [2.45, 2.75) is 25.7 Å². The lowest BCUT2D eigenvalue weighted by molar-refractivity contribution is -0.143. The molecule has 2 atom stereocenters. The van der Waals surface area contributed by atoms with Gasteiger partial charge >= 0.3 is 0 Å². The molecule has 0 saturated carbocycles. The van der Waals surface area contributed by atoms with Crippen molar-refractivity contribution >= 4 is 11.6 Å². The number of amides is 1. The van der Waals surface area contributed by atoms with Crippen molar-refractivity contribution in [3.8, 4) is 11.5 Å². The number of fused-ring (bicyclic) bond motifs is 1. The Bertz CT molecular complexity index is 743. The van der Waals surface area contributed by atoms with E-state index in [2.05, 4.69) is 0 Å². The van der Waals surface area contributed by atoms with Gasteiger partial charge in [-0.1, -0.05) is 24.3 Å². The van der Waals surface area contributed by atoms with Gasteiger partial charge in [-0.25, -0.2) is 0 Å². The number of nitrogens with zero attached hydrogens (tertiary/aromatic N) is 2. The zero-order valence-electron chi connectivity index (χ0n) is 15.1. The molecule has 0 unspecified atom stereocenters. The monoisotopic (exact) mass is 340 g/mol. The molecule has 0 fully saturated rings. The standard InChI is InChI=1S/C20H24N2O3/c1-14-19(25-18-8-6-5-7-17(18)24-14)20(23)22(4)13-15-9-11-16(12-10-15)21(2)3/h5-12,14,19H,13H2,1-4H3/t14-,19+/m1/s1. The van der Waals surface area contributed by atoms with Gasteiger partial charge in [-0.2, -0.15) is 0 Å². The van der Waals surface area contributed by atoms with Crippen LogP contribution in [0.2, 0.25) is 0 Å². The van der Waals surface area contributed by atoms with E-state index in [1.54, 1.807) is 11.9 Å². The number of carbonyl (C=O) groups excluding carboxylic acids is 1. The van der Waals surface area contributed by atoms with Crippen LogP contribution in [0.3, 0.4) is 0 Å². The first-order chi connectivity index (χ1) is 12.0. The van der Waals surface area contributed by atoms with Gasteiger partial charge in [0.05, 0.1) is 0 Å². The van der Waals surface area contributed by atoms with Gasteiger partial charge in [-0.3, -0.25) is 4.79 Å². The Kier molecular flexibility index (Phi) is 4.83. The summed E-state index contributed by atoms with van der Waals surface area (Å²) in [4.78, 5) is 16.5. The Morgan fingerprint density at radius 1 is 0.960 bits per heavy atom. The molecular weight excluding hydrogens is 316 g/mol. The molecule has 0 spiro atoms. The Balaban J connectivity index is 1.68. The predicted molar refractivity (Wildman–Crippen MR) is 98.2 cm³/mol. The van der Waals surface area contributed by atoms with Gasteiger partial charge in [0.1, 0.15) is 6.10 Å². The minimum Gasteiger partial charge on any atom is -0.482 e. The molecule has 0 aliphatic carbocycles. The van der Waals surface area contributed by atoms with E-state index in [4.69, 9.17) is 9.47 Å². The molecule has 25 heavy (non-hydrogen) atoms. The smallest absolute Gasteiger partial charge is 0.267 e. The van der Waals surface area contributed by atoms with E-state index in [9.17, 15) is 4.79 Å². The summed E-state index contributed by atoms with van der Waals surface area (Å²) in [5.74, 6) is 1.21. The zero-order chi connectivity index (χ0) is 18.0. The van der Waals surface area contributed by atoms with Crippen molar-refractivity contribution in [1.82, 2.24) is 4.90 Å². The van der Waals surface area contributed by atoms with E-state index in [1.807, 2.05) is 74.4 Å². The summed E-state index contributed by atoms with van der Waals surface area (Å²) >= 11 is 0. The SMILES string of the molecule is C[C@H]1Oc2ccccc2O[C@@H]1C(=O)N(C)Cc1ccc(N(C)C)cc1. The largest absolute Gasteiger partial charge is 0.482 e. The summed E-state index contributed by atoms with van der Waals surface area (Å²) < 4.78 is 11.7. The first kappa shape index (κ1) is 17.1. The fourth-order valence-electron chi connectivity index (χ4n) is 2.86. The molecule has 0 bridgehead atoms. The topological polar surface area (TPSA) is 42.0 Å². The van der Waals surface area contributed by atoms with Crippen LogP contribution < -0.4 is 14.4 Å². The second-order valence-electron chi connectivity index (χ2n) is 6.56. The average molecular weight is 340 g/mol. The lowest BCUT2D eigenvalue weighted by atomic mass is 10.1. The van der Waals surface area contributed by atoms with Crippen LogP contribution in [0.4, 0.5) is 5.69 Å². The van der Waals surface area contributed by atoms with Crippen LogP contribution in [-0.4, -0.2) is 44.2 Å². The minimum atomic E-state index is -0.638. The summed E-state index contributed by atoms with van der Waals surface area (Å²) in [6, 6.07) is 15.6. The predicted octanol–water partition coefficient (Wildman–Crippen LogP) is 2.94. The van der Waals surface area contributed by atoms with Crippen molar-refractivity contribution < 1.29 is 14.3 Å². The second kappa shape index (κ2) is 7.05. The van der Waals surface area contributed by atoms with Crippen molar-refractivity contribution in [2.24, 2.45) is 0 Å². The Morgan fingerprint density at radius 3 is 2.16 bits per heavy atom.